The number of benzene rings is 2. The highest BCUT2D eigenvalue weighted by atomic mass is 32.1. The van der Waals surface area contributed by atoms with Crippen molar-refractivity contribution >= 4 is 22.9 Å². The molecule has 0 saturated carbocycles. The Morgan fingerprint density at radius 2 is 1.68 bits per heavy atom. The van der Waals surface area contributed by atoms with Gasteiger partial charge in [0.15, 0.2) is 0 Å². The number of methoxy groups -OCH3 is 1. The summed E-state index contributed by atoms with van der Waals surface area (Å²) in [5.74, 6) is 0.665. The number of anilines is 1. The van der Waals surface area contributed by atoms with Gasteiger partial charge in [0.25, 0.3) is 5.91 Å². The Kier molecular flexibility index (Phi) is 4.21. The maximum Gasteiger partial charge on any atom is 0.265 e. The minimum absolute atomic E-state index is 0.0997. The van der Waals surface area contributed by atoms with Gasteiger partial charge in [0.05, 0.1) is 12.0 Å². The third-order valence-corrected chi connectivity index (χ3v) is 4.37. The summed E-state index contributed by atoms with van der Waals surface area (Å²) in [4.78, 5) is 14.1. The third kappa shape index (κ3) is 3.18. The molecule has 1 aromatic heterocycles. The highest BCUT2D eigenvalue weighted by molar-refractivity contribution is 7.17. The molecule has 4 heteroatoms. The molecule has 3 nitrogen and oxygen atoms in total. The van der Waals surface area contributed by atoms with Crippen LogP contribution in [0.1, 0.15) is 9.67 Å². The fraction of sp³-hybridized carbons (Fsp3) is 0.0556. The molecule has 3 rings (SSSR count). The lowest BCUT2D eigenvalue weighted by Crippen LogP contribution is -2.09. The number of rotatable bonds is 4. The van der Waals surface area contributed by atoms with Gasteiger partial charge in [-0.2, -0.15) is 0 Å². The van der Waals surface area contributed by atoms with Gasteiger partial charge in [-0.25, -0.2) is 0 Å². The average Bonchev–Trinajstić information content (AvgIpc) is 3.06. The Morgan fingerprint density at radius 3 is 2.36 bits per heavy atom. The van der Waals surface area contributed by atoms with Gasteiger partial charge < -0.3 is 10.1 Å². The summed E-state index contributed by atoms with van der Waals surface area (Å²) >= 11 is 1.48. The van der Waals surface area contributed by atoms with Gasteiger partial charge in [-0.15, -0.1) is 11.3 Å². The largest absolute Gasteiger partial charge is 0.497 e. The zero-order valence-corrected chi connectivity index (χ0v) is 12.9. The molecule has 110 valence electrons. The van der Waals surface area contributed by atoms with Crippen LogP contribution in [0.2, 0.25) is 0 Å². The van der Waals surface area contributed by atoms with Crippen molar-refractivity contribution in [2.75, 3.05) is 12.4 Å². The highest BCUT2D eigenvalue weighted by Gasteiger charge is 2.10. The van der Waals surface area contributed by atoms with Crippen molar-refractivity contribution in [3.05, 3.63) is 71.6 Å². The van der Waals surface area contributed by atoms with Crippen LogP contribution in [0.15, 0.2) is 66.7 Å². The molecule has 0 atom stereocenters. The number of hydrogen-bond acceptors (Lipinski definition) is 3. The molecule has 3 aromatic rings. The van der Waals surface area contributed by atoms with Gasteiger partial charge in [-0.3, -0.25) is 4.79 Å². The fourth-order valence-corrected chi connectivity index (χ4v) is 2.99. The second-order valence-electron chi connectivity index (χ2n) is 4.71. The normalized spacial score (nSPS) is 10.2. The van der Waals surface area contributed by atoms with E-state index in [0.29, 0.717) is 4.88 Å². The molecule has 0 radical (unpaired) electrons. The minimum Gasteiger partial charge on any atom is -0.497 e. The number of ether oxygens (including phenoxy) is 1. The molecule has 0 fully saturated rings. The van der Waals surface area contributed by atoms with Crippen LogP contribution in [0.5, 0.6) is 5.75 Å². The van der Waals surface area contributed by atoms with Gasteiger partial charge in [-0.05, 0) is 42.0 Å². The number of hydrogen-bond donors (Lipinski definition) is 1. The van der Waals surface area contributed by atoms with Gasteiger partial charge in [0, 0.05) is 10.6 Å². The Hall–Kier alpha value is -2.59. The molecule has 22 heavy (non-hydrogen) atoms. The molecule has 0 aliphatic carbocycles. The molecule has 0 aliphatic rings. The van der Waals surface area contributed by atoms with Crippen LogP contribution < -0.4 is 10.1 Å². The number of nitrogens with one attached hydrogen (secondary N) is 1. The summed E-state index contributed by atoms with van der Waals surface area (Å²) in [6.07, 6.45) is 0. The van der Waals surface area contributed by atoms with Crippen molar-refractivity contribution in [1.82, 2.24) is 0 Å². The molecule has 1 heterocycles. The first-order chi connectivity index (χ1) is 10.8. The summed E-state index contributed by atoms with van der Waals surface area (Å²) in [6.45, 7) is 0. The maximum atomic E-state index is 12.3. The number of thiophene rings is 1. The third-order valence-electron chi connectivity index (χ3n) is 3.24. The maximum absolute atomic E-state index is 12.3. The topological polar surface area (TPSA) is 38.3 Å². The van der Waals surface area contributed by atoms with Crippen LogP contribution in [0.3, 0.4) is 0 Å². The van der Waals surface area contributed by atoms with E-state index in [-0.39, 0.29) is 5.91 Å². The van der Waals surface area contributed by atoms with Crippen LogP contribution in [0, 0.1) is 0 Å². The van der Waals surface area contributed by atoms with Crippen molar-refractivity contribution in [2.24, 2.45) is 0 Å². The van der Waals surface area contributed by atoms with Crippen molar-refractivity contribution in [3.8, 4) is 16.2 Å². The SMILES string of the molecule is COc1ccc(NC(=O)c2ccc(-c3ccccc3)s2)cc1. The second-order valence-corrected chi connectivity index (χ2v) is 5.80. The summed E-state index contributed by atoms with van der Waals surface area (Å²) in [6, 6.07) is 21.2. The second kappa shape index (κ2) is 6.45. The highest BCUT2D eigenvalue weighted by Crippen LogP contribution is 2.28. The van der Waals surface area contributed by atoms with E-state index >= 15 is 0 Å². The molecular weight excluding hydrogens is 294 g/mol. The van der Waals surface area contributed by atoms with Crippen molar-refractivity contribution in [3.63, 3.8) is 0 Å². The van der Waals surface area contributed by atoms with Crippen LogP contribution in [0.4, 0.5) is 5.69 Å². The summed E-state index contributed by atoms with van der Waals surface area (Å²) in [5, 5.41) is 2.89. The molecule has 0 aliphatic heterocycles. The van der Waals surface area contributed by atoms with E-state index in [9.17, 15) is 4.79 Å². The summed E-state index contributed by atoms with van der Waals surface area (Å²) in [7, 11) is 1.62. The van der Waals surface area contributed by atoms with Crippen molar-refractivity contribution < 1.29 is 9.53 Å². The predicted octanol–water partition coefficient (Wildman–Crippen LogP) is 4.68. The Labute approximate surface area is 133 Å². The first kappa shape index (κ1) is 14.4. The number of carbonyl (C=O) groups is 1. The lowest BCUT2D eigenvalue weighted by atomic mass is 10.2. The molecule has 0 saturated heterocycles. The van der Waals surface area contributed by atoms with Crippen LogP contribution in [-0.4, -0.2) is 13.0 Å². The van der Waals surface area contributed by atoms with E-state index in [1.807, 2.05) is 66.7 Å². The fourth-order valence-electron chi connectivity index (χ4n) is 2.08. The average molecular weight is 309 g/mol. The van der Waals surface area contributed by atoms with E-state index in [0.717, 1.165) is 21.9 Å². The number of carbonyl (C=O) groups excluding carboxylic acids is 1. The minimum atomic E-state index is -0.0997. The lowest BCUT2D eigenvalue weighted by Gasteiger charge is -2.04. The van der Waals surface area contributed by atoms with Gasteiger partial charge in [-0.1, -0.05) is 30.3 Å². The van der Waals surface area contributed by atoms with Gasteiger partial charge >= 0.3 is 0 Å². The zero-order chi connectivity index (χ0) is 15.4. The molecular formula is C18H15NO2S. The quantitative estimate of drug-likeness (QED) is 0.760. The summed E-state index contributed by atoms with van der Waals surface area (Å²) < 4.78 is 5.10. The van der Waals surface area contributed by atoms with E-state index in [4.69, 9.17) is 4.74 Å². The predicted molar refractivity (Wildman–Crippen MR) is 90.7 cm³/mol. The van der Waals surface area contributed by atoms with E-state index in [2.05, 4.69) is 5.32 Å². The Morgan fingerprint density at radius 1 is 0.955 bits per heavy atom. The molecule has 2 aromatic carbocycles. The monoisotopic (exact) mass is 309 g/mol. The standard InChI is InChI=1S/C18H15NO2S/c1-21-15-9-7-14(8-10-15)19-18(20)17-12-11-16(22-17)13-5-3-2-4-6-13/h2-12H,1H3,(H,19,20). The lowest BCUT2D eigenvalue weighted by molar-refractivity contribution is 0.103. The van der Waals surface area contributed by atoms with Crippen molar-refractivity contribution in [2.45, 2.75) is 0 Å². The van der Waals surface area contributed by atoms with E-state index in [1.54, 1.807) is 7.11 Å². The summed E-state index contributed by atoms with van der Waals surface area (Å²) in [5.41, 5.74) is 1.87. The molecule has 1 amide bonds. The van der Waals surface area contributed by atoms with Crippen LogP contribution in [0.25, 0.3) is 10.4 Å². The molecule has 0 spiro atoms. The van der Waals surface area contributed by atoms with Crippen molar-refractivity contribution in [1.29, 1.82) is 0 Å². The smallest absolute Gasteiger partial charge is 0.265 e. The Balaban J connectivity index is 1.74. The van der Waals surface area contributed by atoms with Gasteiger partial charge in [0.1, 0.15) is 5.75 Å². The molecule has 0 unspecified atom stereocenters. The number of amides is 1. The first-order valence-corrected chi connectivity index (χ1v) is 7.68. The van der Waals surface area contributed by atoms with Crippen LogP contribution in [-0.2, 0) is 0 Å². The van der Waals surface area contributed by atoms with Crippen LogP contribution >= 0.6 is 11.3 Å². The molecule has 0 bridgehead atoms. The zero-order valence-electron chi connectivity index (χ0n) is 12.1. The first-order valence-electron chi connectivity index (χ1n) is 6.87. The molecule has 1 N–H and O–H groups in total. The van der Waals surface area contributed by atoms with E-state index < -0.39 is 0 Å². The van der Waals surface area contributed by atoms with Gasteiger partial charge in [0.2, 0.25) is 0 Å². The Bertz CT molecular complexity index is 763. The van der Waals surface area contributed by atoms with E-state index in [1.165, 1.54) is 11.3 Å².